The highest BCUT2D eigenvalue weighted by molar-refractivity contribution is 5.94. The topological polar surface area (TPSA) is 62.1 Å². The smallest absolute Gasteiger partial charge is 0.252 e. The lowest BCUT2D eigenvalue weighted by Crippen LogP contribution is -2.28. The number of amides is 1. The van der Waals surface area contributed by atoms with Crippen LogP contribution in [0.5, 0.6) is 11.5 Å². The molecule has 1 atom stereocenters. The summed E-state index contributed by atoms with van der Waals surface area (Å²) in [5.74, 6) is 0.268. The molecule has 1 N–H and O–H groups in total. The van der Waals surface area contributed by atoms with Crippen LogP contribution in [0.2, 0.25) is 0 Å². The van der Waals surface area contributed by atoms with Crippen molar-refractivity contribution in [2.24, 2.45) is 0 Å². The Balaban J connectivity index is 1.70. The van der Waals surface area contributed by atoms with Crippen molar-refractivity contribution in [2.75, 3.05) is 0 Å². The predicted octanol–water partition coefficient (Wildman–Crippen LogP) is 4.61. The number of halogens is 1. The fourth-order valence-electron chi connectivity index (χ4n) is 2.40. The molecule has 0 bridgehead atoms. The van der Waals surface area contributed by atoms with Gasteiger partial charge in [-0.05, 0) is 42.5 Å². The van der Waals surface area contributed by atoms with E-state index in [1.165, 1.54) is 18.2 Å². The molecular formula is C21H15FN2O2. The molecule has 0 radical (unpaired) electrons. The van der Waals surface area contributed by atoms with Gasteiger partial charge < -0.3 is 10.1 Å². The normalized spacial score (nSPS) is 11.2. The Kier molecular flexibility index (Phi) is 5.25. The molecule has 1 amide bonds. The highest BCUT2D eigenvalue weighted by atomic mass is 19.1. The number of nitriles is 1. The molecule has 3 rings (SSSR count). The summed E-state index contributed by atoms with van der Waals surface area (Å²) < 4.78 is 19.5. The number of para-hydroxylation sites is 1. The first-order valence-electron chi connectivity index (χ1n) is 7.95. The van der Waals surface area contributed by atoms with Crippen molar-refractivity contribution in [1.82, 2.24) is 5.32 Å². The zero-order chi connectivity index (χ0) is 18.4. The van der Waals surface area contributed by atoms with E-state index in [1.54, 1.807) is 30.3 Å². The molecule has 0 aliphatic rings. The van der Waals surface area contributed by atoms with Crippen LogP contribution in [-0.4, -0.2) is 5.91 Å². The van der Waals surface area contributed by atoms with Gasteiger partial charge in [0.25, 0.3) is 5.91 Å². The lowest BCUT2D eigenvalue weighted by Gasteiger charge is -2.13. The van der Waals surface area contributed by atoms with E-state index in [4.69, 9.17) is 4.74 Å². The van der Waals surface area contributed by atoms with Crippen molar-refractivity contribution >= 4 is 5.91 Å². The van der Waals surface area contributed by atoms with Crippen molar-refractivity contribution in [2.45, 2.75) is 6.04 Å². The van der Waals surface area contributed by atoms with Gasteiger partial charge >= 0.3 is 0 Å². The van der Waals surface area contributed by atoms with Crippen molar-refractivity contribution < 1.29 is 13.9 Å². The second-order valence-electron chi connectivity index (χ2n) is 5.50. The standard InChI is InChI=1S/C21H15FN2O2/c22-19-9-5-4-8-18(19)20(14-23)24-21(25)15-10-12-17(13-11-15)26-16-6-2-1-3-7-16/h1-13,20H,(H,24,25). The molecule has 3 aromatic rings. The summed E-state index contributed by atoms with van der Waals surface area (Å²) in [5, 5.41) is 11.8. The van der Waals surface area contributed by atoms with Gasteiger partial charge in [-0.25, -0.2) is 4.39 Å². The number of hydrogen-bond donors (Lipinski definition) is 1. The number of rotatable bonds is 5. The molecule has 4 nitrogen and oxygen atoms in total. The molecule has 0 saturated heterocycles. The second-order valence-corrected chi connectivity index (χ2v) is 5.50. The Hall–Kier alpha value is -3.65. The Bertz CT molecular complexity index is 934. The van der Waals surface area contributed by atoms with E-state index in [9.17, 15) is 14.4 Å². The maximum absolute atomic E-state index is 13.8. The summed E-state index contributed by atoms with van der Waals surface area (Å²) in [6.07, 6.45) is 0. The van der Waals surface area contributed by atoms with Gasteiger partial charge in [-0.2, -0.15) is 5.26 Å². The molecule has 0 heterocycles. The molecule has 0 fully saturated rings. The molecule has 1 unspecified atom stereocenters. The van der Waals surface area contributed by atoms with E-state index in [0.717, 1.165) is 0 Å². The maximum Gasteiger partial charge on any atom is 0.252 e. The molecule has 0 aliphatic carbocycles. The molecule has 0 aliphatic heterocycles. The lowest BCUT2D eigenvalue weighted by atomic mass is 10.1. The van der Waals surface area contributed by atoms with E-state index < -0.39 is 17.8 Å². The first kappa shape index (κ1) is 17.2. The van der Waals surface area contributed by atoms with Gasteiger partial charge in [0.15, 0.2) is 0 Å². The van der Waals surface area contributed by atoms with Gasteiger partial charge in [-0.1, -0.05) is 36.4 Å². The molecule has 0 aromatic heterocycles. The molecule has 0 spiro atoms. The Morgan fingerprint density at radius 3 is 2.19 bits per heavy atom. The number of carbonyl (C=O) groups is 1. The third kappa shape index (κ3) is 4.05. The van der Waals surface area contributed by atoms with Gasteiger partial charge in [0.1, 0.15) is 23.4 Å². The average molecular weight is 346 g/mol. The van der Waals surface area contributed by atoms with E-state index in [-0.39, 0.29) is 5.56 Å². The molecule has 3 aromatic carbocycles. The minimum absolute atomic E-state index is 0.132. The van der Waals surface area contributed by atoms with Crippen LogP contribution in [0.1, 0.15) is 22.0 Å². The molecule has 5 heteroatoms. The van der Waals surface area contributed by atoms with Crippen LogP contribution < -0.4 is 10.1 Å². The number of benzene rings is 3. The highest BCUT2D eigenvalue weighted by Gasteiger charge is 2.18. The number of hydrogen-bond acceptors (Lipinski definition) is 3. The third-order valence-corrected chi connectivity index (χ3v) is 3.72. The van der Waals surface area contributed by atoms with Crippen LogP contribution in [0.3, 0.4) is 0 Å². The van der Waals surface area contributed by atoms with Crippen molar-refractivity contribution in [3.05, 3.63) is 95.8 Å². The van der Waals surface area contributed by atoms with Crippen LogP contribution >= 0.6 is 0 Å². The fraction of sp³-hybridized carbons (Fsp3) is 0.0476. The zero-order valence-corrected chi connectivity index (χ0v) is 13.7. The highest BCUT2D eigenvalue weighted by Crippen LogP contribution is 2.22. The molecule has 0 saturated carbocycles. The van der Waals surface area contributed by atoms with Crippen molar-refractivity contribution in [3.63, 3.8) is 0 Å². The Labute approximate surface area is 150 Å². The van der Waals surface area contributed by atoms with Gasteiger partial charge in [-0.15, -0.1) is 0 Å². The Morgan fingerprint density at radius 1 is 0.923 bits per heavy atom. The molecule has 26 heavy (non-hydrogen) atoms. The number of carbonyl (C=O) groups excluding carboxylic acids is 1. The number of nitrogens with zero attached hydrogens (tertiary/aromatic N) is 1. The van der Waals surface area contributed by atoms with E-state index in [2.05, 4.69) is 5.32 Å². The average Bonchev–Trinajstić information content (AvgIpc) is 2.68. The van der Waals surface area contributed by atoms with Crippen molar-refractivity contribution in [1.29, 1.82) is 5.26 Å². The van der Waals surface area contributed by atoms with E-state index in [0.29, 0.717) is 17.1 Å². The fourth-order valence-corrected chi connectivity index (χ4v) is 2.40. The van der Waals surface area contributed by atoms with E-state index >= 15 is 0 Å². The van der Waals surface area contributed by atoms with Crippen LogP contribution in [0.15, 0.2) is 78.9 Å². The van der Waals surface area contributed by atoms with Gasteiger partial charge in [0.05, 0.1) is 6.07 Å². The monoisotopic (exact) mass is 346 g/mol. The molecule has 128 valence electrons. The van der Waals surface area contributed by atoms with Crippen LogP contribution in [-0.2, 0) is 0 Å². The SMILES string of the molecule is N#CC(NC(=O)c1ccc(Oc2ccccc2)cc1)c1ccccc1F. The first-order valence-corrected chi connectivity index (χ1v) is 7.95. The molecular weight excluding hydrogens is 331 g/mol. The van der Waals surface area contributed by atoms with Crippen molar-refractivity contribution in [3.8, 4) is 17.6 Å². The van der Waals surface area contributed by atoms with Gasteiger partial charge in [0.2, 0.25) is 0 Å². The van der Waals surface area contributed by atoms with Crippen LogP contribution in [0.4, 0.5) is 4.39 Å². The number of ether oxygens (including phenoxy) is 1. The minimum atomic E-state index is -1.07. The summed E-state index contributed by atoms with van der Waals surface area (Å²) in [6.45, 7) is 0. The van der Waals surface area contributed by atoms with Crippen LogP contribution in [0, 0.1) is 17.1 Å². The summed E-state index contributed by atoms with van der Waals surface area (Å²) >= 11 is 0. The number of nitrogens with one attached hydrogen (secondary N) is 1. The minimum Gasteiger partial charge on any atom is -0.457 e. The predicted molar refractivity (Wildman–Crippen MR) is 95.2 cm³/mol. The zero-order valence-electron chi connectivity index (χ0n) is 13.7. The quantitative estimate of drug-likeness (QED) is 0.734. The largest absolute Gasteiger partial charge is 0.457 e. The first-order chi connectivity index (χ1) is 12.7. The van der Waals surface area contributed by atoms with E-state index in [1.807, 2.05) is 36.4 Å². The summed E-state index contributed by atoms with van der Waals surface area (Å²) in [7, 11) is 0. The maximum atomic E-state index is 13.8. The summed E-state index contributed by atoms with van der Waals surface area (Å²) in [6, 6.07) is 22.5. The summed E-state index contributed by atoms with van der Waals surface area (Å²) in [5.41, 5.74) is 0.481. The van der Waals surface area contributed by atoms with Gasteiger partial charge in [0, 0.05) is 11.1 Å². The lowest BCUT2D eigenvalue weighted by molar-refractivity contribution is 0.0944. The van der Waals surface area contributed by atoms with Gasteiger partial charge in [-0.3, -0.25) is 4.79 Å². The third-order valence-electron chi connectivity index (χ3n) is 3.72. The second kappa shape index (κ2) is 7.95. The Morgan fingerprint density at radius 2 is 1.54 bits per heavy atom. The van der Waals surface area contributed by atoms with Crippen LogP contribution in [0.25, 0.3) is 0 Å². The summed E-state index contributed by atoms with van der Waals surface area (Å²) in [4.78, 5) is 12.3.